The van der Waals surface area contributed by atoms with Crippen molar-refractivity contribution in [3.8, 4) is 0 Å². The zero-order valence-electron chi connectivity index (χ0n) is 16.3. The number of hydrogen-bond donors (Lipinski definition) is 2. The molecule has 0 radical (unpaired) electrons. The highest BCUT2D eigenvalue weighted by Crippen LogP contribution is 2.27. The van der Waals surface area contributed by atoms with E-state index in [9.17, 15) is 29.8 Å². The van der Waals surface area contributed by atoms with Crippen LogP contribution in [-0.2, 0) is 0 Å². The molecule has 10 nitrogen and oxygen atoms in total. The average Bonchev–Trinajstić information content (AvgIpc) is 2.75. The van der Waals surface area contributed by atoms with Gasteiger partial charge in [-0.1, -0.05) is 30.9 Å². The summed E-state index contributed by atoms with van der Waals surface area (Å²) in [6.45, 7) is 0. The van der Waals surface area contributed by atoms with Gasteiger partial charge in [-0.25, -0.2) is 0 Å². The van der Waals surface area contributed by atoms with Crippen LogP contribution in [0.1, 0.15) is 52.8 Å². The third kappa shape index (κ3) is 5.34. The number of halogens is 1. The summed E-state index contributed by atoms with van der Waals surface area (Å²) in [6.07, 6.45) is 5.02. The lowest BCUT2D eigenvalue weighted by Crippen LogP contribution is -2.36. The molecule has 0 aromatic heterocycles. The highest BCUT2D eigenvalue weighted by Gasteiger charge is 2.25. The molecule has 1 aliphatic carbocycles. The molecule has 0 saturated heterocycles. The number of nitrogens with zero attached hydrogens (tertiary/aromatic N) is 2. The molecular formula is C20H19ClN4O6. The second-order valence-corrected chi connectivity index (χ2v) is 7.58. The van der Waals surface area contributed by atoms with Crippen molar-refractivity contribution in [2.24, 2.45) is 0 Å². The lowest BCUT2D eigenvalue weighted by atomic mass is 9.95. The molecule has 0 heterocycles. The van der Waals surface area contributed by atoms with Gasteiger partial charge in [-0.15, -0.1) is 0 Å². The lowest BCUT2D eigenvalue weighted by Gasteiger charge is -2.23. The number of benzene rings is 2. The van der Waals surface area contributed by atoms with Gasteiger partial charge in [-0.05, 0) is 37.1 Å². The van der Waals surface area contributed by atoms with E-state index in [4.69, 9.17) is 11.6 Å². The van der Waals surface area contributed by atoms with Gasteiger partial charge in [0, 0.05) is 17.8 Å². The van der Waals surface area contributed by atoms with Crippen LogP contribution in [0.15, 0.2) is 36.4 Å². The van der Waals surface area contributed by atoms with Gasteiger partial charge in [-0.2, -0.15) is 0 Å². The van der Waals surface area contributed by atoms with E-state index in [0.717, 1.165) is 50.3 Å². The van der Waals surface area contributed by atoms with Crippen molar-refractivity contribution in [2.45, 2.75) is 38.1 Å². The first-order chi connectivity index (χ1) is 14.8. The van der Waals surface area contributed by atoms with Crippen LogP contribution in [0, 0.1) is 20.2 Å². The van der Waals surface area contributed by atoms with Gasteiger partial charge in [0.15, 0.2) is 0 Å². The van der Waals surface area contributed by atoms with Crippen molar-refractivity contribution in [3.05, 3.63) is 72.8 Å². The number of anilines is 1. The molecule has 162 valence electrons. The maximum atomic E-state index is 12.6. The van der Waals surface area contributed by atoms with Crippen molar-refractivity contribution >= 4 is 40.5 Å². The maximum absolute atomic E-state index is 12.6. The number of carbonyl (C=O) groups is 2. The SMILES string of the molecule is O=C(NC1CCCCC1)c1cc(NC(=O)c2ccc([N+](=O)[O-])cc2[N+](=O)[O-])ccc1Cl. The highest BCUT2D eigenvalue weighted by atomic mass is 35.5. The standard InChI is InChI=1S/C20H19ClN4O6/c21-17-9-6-13(10-16(17)20(27)22-12-4-2-1-3-5-12)23-19(26)15-8-7-14(24(28)29)11-18(15)25(30)31/h6-12H,1-5H2,(H,22,27)(H,23,26). The topological polar surface area (TPSA) is 144 Å². The predicted octanol–water partition coefficient (Wildman–Crippen LogP) is 4.47. The number of non-ortho nitro benzene ring substituents is 1. The van der Waals surface area contributed by atoms with Crippen molar-refractivity contribution in [1.29, 1.82) is 0 Å². The number of hydrogen-bond acceptors (Lipinski definition) is 6. The molecule has 0 spiro atoms. The molecule has 2 amide bonds. The predicted molar refractivity (Wildman–Crippen MR) is 113 cm³/mol. The second kappa shape index (κ2) is 9.52. The largest absolute Gasteiger partial charge is 0.349 e. The number of amides is 2. The van der Waals surface area contributed by atoms with Gasteiger partial charge >= 0.3 is 0 Å². The Hall–Kier alpha value is -3.53. The Morgan fingerprint density at radius 2 is 1.61 bits per heavy atom. The Morgan fingerprint density at radius 1 is 0.903 bits per heavy atom. The molecule has 2 aromatic rings. The Bertz CT molecular complexity index is 1050. The van der Waals surface area contributed by atoms with E-state index in [0.29, 0.717) is 0 Å². The minimum absolute atomic E-state index is 0.0679. The van der Waals surface area contributed by atoms with Crippen molar-refractivity contribution < 1.29 is 19.4 Å². The summed E-state index contributed by atoms with van der Waals surface area (Å²) in [5.41, 5.74) is -1.18. The van der Waals surface area contributed by atoms with Crippen LogP contribution in [0.4, 0.5) is 17.1 Å². The monoisotopic (exact) mass is 446 g/mol. The zero-order valence-corrected chi connectivity index (χ0v) is 17.1. The number of nitro benzene ring substituents is 2. The molecule has 1 aliphatic rings. The molecule has 2 aromatic carbocycles. The normalized spacial score (nSPS) is 14.0. The molecule has 0 aliphatic heterocycles. The zero-order chi connectivity index (χ0) is 22.5. The third-order valence-corrected chi connectivity index (χ3v) is 5.37. The number of nitrogens with one attached hydrogen (secondary N) is 2. The summed E-state index contributed by atoms with van der Waals surface area (Å²) in [6, 6.07) is 7.09. The fraction of sp³-hybridized carbons (Fsp3) is 0.300. The van der Waals surface area contributed by atoms with E-state index in [2.05, 4.69) is 10.6 Å². The first-order valence-electron chi connectivity index (χ1n) is 9.61. The summed E-state index contributed by atoms with van der Waals surface area (Å²) in [5, 5.41) is 27.7. The van der Waals surface area contributed by atoms with Gasteiger partial charge in [0.1, 0.15) is 5.56 Å². The summed E-state index contributed by atoms with van der Waals surface area (Å²) >= 11 is 6.15. The summed E-state index contributed by atoms with van der Waals surface area (Å²) < 4.78 is 0. The number of nitro groups is 2. The molecule has 2 N–H and O–H groups in total. The molecule has 0 bridgehead atoms. The van der Waals surface area contributed by atoms with Crippen molar-refractivity contribution in [2.75, 3.05) is 5.32 Å². The molecule has 31 heavy (non-hydrogen) atoms. The molecule has 1 saturated carbocycles. The van der Waals surface area contributed by atoms with E-state index in [1.165, 1.54) is 18.2 Å². The van der Waals surface area contributed by atoms with Gasteiger partial charge in [0.25, 0.3) is 23.2 Å². The Kier molecular flexibility index (Phi) is 6.81. The minimum Gasteiger partial charge on any atom is -0.349 e. The quantitative estimate of drug-likeness (QED) is 0.494. The average molecular weight is 447 g/mol. The van der Waals surface area contributed by atoms with Crippen LogP contribution < -0.4 is 10.6 Å². The number of carbonyl (C=O) groups excluding carboxylic acids is 2. The second-order valence-electron chi connectivity index (χ2n) is 7.17. The smallest absolute Gasteiger partial charge is 0.289 e. The summed E-state index contributed by atoms with van der Waals surface area (Å²) in [5.74, 6) is -1.21. The lowest BCUT2D eigenvalue weighted by molar-refractivity contribution is -0.394. The first-order valence-corrected chi connectivity index (χ1v) is 9.98. The van der Waals surface area contributed by atoms with Crippen molar-refractivity contribution in [3.63, 3.8) is 0 Å². The van der Waals surface area contributed by atoms with E-state index in [1.54, 1.807) is 0 Å². The van der Waals surface area contributed by atoms with Crippen LogP contribution in [-0.4, -0.2) is 27.7 Å². The number of rotatable bonds is 6. The maximum Gasteiger partial charge on any atom is 0.289 e. The fourth-order valence-electron chi connectivity index (χ4n) is 3.46. The molecule has 11 heteroatoms. The van der Waals surface area contributed by atoms with Crippen LogP contribution in [0.2, 0.25) is 5.02 Å². The Morgan fingerprint density at radius 3 is 2.26 bits per heavy atom. The van der Waals surface area contributed by atoms with E-state index in [1.807, 2.05) is 0 Å². The summed E-state index contributed by atoms with van der Waals surface area (Å²) in [4.78, 5) is 45.7. The van der Waals surface area contributed by atoms with Gasteiger partial charge < -0.3 is 10.6 Å². The van der Waals surface area contributed by atoms with E-state index >= 15 is 0 Å². The third-order valence-electron chi connectivity index (χ3n) is 5.04. The Labute approximate surface area is 181 Å². The first kappa shape index (κ1) is 22.2. The molecule has 0 unspecified atom stereocenters. The van der Waals surface area contributed by atoms with Crippen LogP contribution in [0.25, 0.3) is 0 Å². The summed E-state index contributed by atoms with van der Waals surface area (Å²) in [7, 11) is 0. The highest BCUT2D eigenvalue weighted by molar-refractivity contribution is 6.34. The van der Waals surface area contributed by atoms with Crippen LogP contribution in [0.3, 0.4) is 0 Å². The minimum atomic E-state index is -0.868. The van der Waals surface area contributed by atoms with Crippen LogP contribution in [0.5, 0.6) is 0 Å². The van der Waals surface area contributed by atoms with Crippen molar-refractivity contribution in [1.82, 2.24) is 5.32 Å². The molecule has 3 rings (SSSR count). The van der Waals surface area contributed by atoms with Gasteiger partial charge in [0.2, 0.25) is 0 Å². The fourth-order valence-corrected chi connectivity index (χ4v) is 3.67. The Balaban J connectivity index is 1.80. The van der Waals surface area contributed by atoms with Crippen LogP contribution >= 0.6 is 11.6 Å². The van der Waals surface area contributed by atoms with Gasteiger partial charge in [0.05, 0.1) is 26.5 Å². The molecule has 0 atom stereocenters. The molecular weight excluding hydrogens is 428 g/mol. The molecule has 1 fully saturated rings. The van der Waals surface area contributed by atoms with E-state index < -0.39 is 27.1 Å². The van der Waals surface area contributed by atoms with Gasteiger partial charge in [-0.3, -0.25) is 29.8 Å². The van der Waals surface area contributed by atoms with E-state index in [-0.39, 0.29) is 33.8 Å².